The Bertz CT molecular complexity index is 172. The summed E-state index contributed by atoms with van der Waals surface area (Å²) >= 11 is 0. The molecule has 4 nitrogen and oxygen atoms in total. The van der Waals surface area contributed by atoms with E-state index in [4.69, 9.17) is 4.74 Å². The van der Waals surface area contributed by atoms with Crippen LogP contribution >= 0.6 is 0 Å². The van der Waals surface area contributed by atoms with Crippen LogP contribution in [0.25, 0.3) is 0 Å². The van der Waals surface area contributed by atoms with Gasteiger partial charge in [-0.15, -0.1) is 0 Å². The van der Waals surface area contributed by atoms with Gasteiger partial charge in [0.15, 0.2) is 0 Å². The summed E-state index contributed by atoms with van der Waals surface area (Å²) in [6.07, 6.45) is 0.834. The molecule has 0 saturated carbocycles. The van der Waals surface area contributed by atoms with E-state index < -0.39 is 0 Å². The molecule has 2 heterocycles. The molecule has 0 aromatic rings. The summed E-state index contributed by atoms with van der Waals surface area (Å²) in [7, 11) is 0. The highest BCUT2D eigenvalue weighted by atomic mass is 16.6. The van der Waals surface area contributed by atoms with E-state index in [1.165, 1.54) is 0 Å². The molecule has 2 saturated heterocycles. The van der Waals surface area contributed by atoms with Crippen molar-refractivity contribution in [1.29, 1.82) is 0 Å². The molecule has 0 aromatic heterocycles. The second-order valence-corrected chi connectivity index (χ2v) is 3.10. The Labute approximate surface area is 65.3 Å². The van der Waals surface area contributed by atoms with Crippen molar-refractivity contribution in [3.05, 3.63) is 0 Å². The van der Waals surface area contributed by atoms with Gasteiger partial charge < -0.3 is 15.4 Å². The number of rotatable bonds is 0. The largest absolute Gasteiger partial charge is 0.449 e. The first-order chi connectivity index (χ1) is 5.36. The van der Waals surface area contributed by atoms with Crippen molar-refractivity contribution in [1.82, 2.24) is 10.6 Å². The Hall–Kier alpha value is -0.770. The van der Waals surface area contributed by atoms with Gasteiger partial charge in [0.1, 0.15) is 0 Å². The maximum absolute atomic E-state index is 10.8. The van der Waals surface area contributed by atoms with Crippen molar-refractivity contribution in [3.8, 4) is 0 Å². The molecule has 62 valence electrons. The van der Waals surface area contributed by atoms with E-state index in [1.807, 2.05) is 0 Å². The van der Waals surface area contributed by atoms with Gasteiger partial charge in [-0.1, -0.05) is 0 Å². The number of piperidine rings is 1. The second kappa shape index (κ2) is 2.70. The van der Waals surface area contributed by atoms with Crippen LogP contribution in [0.2, 0.25) is 0 Å². The minimum atomic E-state index is -0.269. The van der Waals surface area contributed by atoms with Crippen LogP contribution in [0.4, 0.5) is 4.79 Å². The van der Waals surface area contributed by atoms with E-state index in [0.717, 1.165) is 19.5 Å². The third kappa shape index (κ3) is 1.30. The molecule has 0 radical (unpaired) electrons. The van der Waals surface area contributed by atoms with E-state index in [0.29, 0.717) is 18.6 Å². The number of amides is 1. The second-order valence-electron chi connectivity index (χ2n) is 3.10. The molecule has 2 rings (SSSR count). The molecular formula is C7H12N2O2. The lowest BCUT2D eigenvalue weighted by atomic mass is 9.93. The lowest BCUT2D eigenvalue weighted by Crippen LogP contribution is -2.56. The molecule has 0 aliphatic carbocycles. The molecule has 2 aliphatic heterocycles. The molecule has 4 heteroatoms. The van der Waals surface area contributed by atoms with Gasteiger partial charge in [0.2, 0.25) is 0 Å². The molecule has 0 unspecified atom stereocenters. The number of hydrogen-bond donors (Lipinski definition) is 2. The Balaban J connectivity index is 1.98. The Morgan fingerprint density at radius 2 is 2.45 bits per heavy atom. The van der Waals surface area contributed by atoms with Crippen molar-refractivity contribution in [3.63, 3.8) is 0 Å². The molecular weight excluding hydrogens is 144 g/mol. The van der Waals surface area contributed by atoms with Gasteiger partial charge in [0.25, 0.3) is 0 Å². The molecule has 1 amide bonds. The van der Waals surface area contributed by atoms with Crippen molar-refractivity contribution in [2.75, 3.05) is 19.7 Å². The smallest absolute Gasteiger partial charge is 0.407 e. The van der Waals surface area contributed by atoms with Gasteiger partial charge in [-0.2, -0.15) is 0 Å². The fourth-order valence-corrected chi connectivity index (χ4v) is 1.66. The highest BCUT2D eigenvalue weighted by Gasteiger charge is 2.31. The summed E-state index contributed by atoms with van der Waals surface area (Å²) in [6, 6.07) is 0.296. The van der Waals surface area contributed by atoms with Gasteiger partial charge in [-0.3, -0.25) is 0 Å². The summed E-state index contributed by atoms with van der Waals surface area (Å²) in [4.78, 5) is 10.8. The van der Waals surface area contributed by atoms with E-state index in [-0.39, 0.29) is 6.09 Å². The molecule has 2 fully saturated rings. The highest BCUT2D eigenvalue weighted by Crippen LogP contribution is 2.16. The normalized spacial score (nSPS) is 36.9. The van der Waals surface area contributed by atoms with Gasteiger partial charge in [0, 0.05) is 12.5 Å². The minimum absolute atomic E-state index is 0.269. The number of cyclic esters (lactones) is 1. The minimum Gasteiger partial charge on any atom is -0.449 e. The van der Waals surface area contributed by atoms with Crippen LogP contribution in [0.15, 0.2) is 0 Å². The Morgan fingerprint density at radius 3 is 3.36 bits per heavy atom. The first kappa shape index (κ1) is 6.91. The third-order valence-corrected chi connectivity index (χ3v) is 2.36. The lowest BCUT2D eigenvalue weighted by Gasteiger charge is -2.35. The van der Waals surface area contributed by atoms with Crippen LogP contribution in [0.3, 0.4) is 0 Å². The van der Waals surface area contributed by atoms with Crippen LogP contribution in [0.5, 0.6) is 0 Å². The summed E-state index contributed by atoms with van der Waals surface area (Å²) in [6.45, 7) is 2.53. The summed E-state index contributed by atoms with van der Waals surface area (Å²) in [5.74, 6) is 0.522. The number of hydrogen-bond acceptors (Lipinski definition) is 3. The molecule has 2 N–H and O–H groups in total. The fraction of sp³-hybridized carbons (Fsp3) is 0.857. The quantitative estimate of drug-likeness (QED) is 0.506. The average molecular weight is 156 g/mol. The van der Waals surface area contributed by atoms with Gasteiger partial charge in [-0.05, 0) is 13.0 Å². The monoisotopic (exact) mass is 156 g/mol. The Morgan fingerprint density at radius 1 is 1.55 bits per heavy atom. The van der Waals surface area contributed by atoms with Crippen molar-refractivity contribution in [2.45, 2.75) is 12.5 Å². The standard InChI is InChI=1S/C7H12N2O2/c10-7-9-6-3-8-2-1-5(6)4-11-7/h5-6,8H,1-4H2,(H,9,10)/t5-,6+/m1/s1. The third-order valence-electron chi connectivity index (χ3n) is 2.36. The SMILES string of the molecule is O=C1N[C@H]2CNCC[C@@H]2CO1. The van der Waals surface area contributed by atoms with Gasteiger partial charge >= 0.3 is 6.09 Å². The Kier molecular flexibility index (Phi) is 1.69. The number of ether oxygens (including phenoxy) is 1. The van der Waals surface area contributed by atoms with E-state index in [2.05, 4.69) is 10.6 Å². The fourth-order valence-electron chi connectivity index (χ4n) is 1.66. The number of carbonyl (C=O) groups excluding carboxylic acids is 1. The summed E-state index contributed by atoms with van der Waals surface area (Å²) in [5.41, 5.74) is 0. The highest BCUT2D eigenvalue weighted by molar-refractivity contribution is 5.68. The molecule has 2 aliphatic rings. The van der Waals surface area contributed by atoms with E-state index in [9.17, 15) is 4.79 Å². The van der Waals surface area contributed by atoms with Crippen LogP contribution < -0.4 is 10.6 Å². The van der Waals surface area contributed by atoms with Crippen LogP contribution in [0.1, 0.15) is 6.42 Å². The van der Waals surface area contributed by atoms with E-state index >= 15 is 0 Å². The summed E-state index contributed by atoms with van der Waals surface area (Å²) < 4.78 is 4.87. The number of fused-ring (bicyclic) bond motifs is 1. The number of nitrogens with one attached hydrogen (secondary N) is 2. The van der Waals surface area contributed by atoms with Crippen molar-refractivity contribution >= 4 is 6.09 Å². The van der Waals surface area contributed by atoms with E-state index in [1.54, 1.807) is 0 Å². The molecule has 0 bridgehead atoms. The van der Waals surface area contributed by atoms with Crippen LogP contribution in [-0.4, -0.2) is 31.8 Å². The maximum atomic E-state index is 10.8. The number of alkyl carbamates (subject to hydrolysis) is 1. The zero-order chi connectivity index (χ0) is 7.68. The van der Waals surface area contributed by atoms with Crippen molar-refractivity contribution in [2.24, 2.45) is 5.92 Å². The van der Waals surface area contributed by atoms with Gasteiger partial charge in [-0.25, -0.2) is 4.79 Å². The van der Waals surface area contributed by atoms with Gasteiger partial charge in [0.05, 0.1) is 12.6 Å². The zero-order valence-electron chi connectivity index (χ0n) is 6.30. The van der Waals surface area contributed by atoms with Crippen LogP contribution in [-0.2, 0) is 4.74 Å². The summed E-state index contributed by atoms with van der Waals surface area (Å²) in [5, 5.41) is 6.03. The van der Waals surface area contributed by atoms with Crippen LogP contribution in [0, 0.1) is 5.92 Å². The maximum Gasteiger partial charge on any atom is 0.407 e. The predicted molar refractivity (Wildman–Crippen MR) is 39.2 cm³/mol. The molecule has 11 heavy (non-hydrogen) atoms. The molecule has 0 spiro atoms. The number of carbonyl (C=O) groups is 1. The average Bonchev–Trinajstić information content (AvgIpc) is 2.04. The first-order valence-electron chi connectivity index (χ1n) is 4.00. The molecule has 0 aromatic carbocycles. The lowest BCUT2D eigenvalue weighted by molar-refractivity contribution is 0.0692. The topological polar surface area (TPSA) is 50.4 Å². The van der Waals surface area contributed by atoms with Crippen molar-refractivity contribution < 1.29 is 9.53 Å². The first-order valence-corrected chi connectivity index (χ1v) is 4.00. The zero-order valence-corrected chi connectivity index (χ0v) is 6.30. The predicted octanol–water partition coefficient (Wildman–Crippen LogP) is -0.296. The molecule has 2 atom stereocenters.